The van der Waals surface area contributed by atoms with Crippen molar-refractivity contribution in [2.75, 3.05) is 5.32 Å². The van der Waals surface area contributed by atoms with Gasteiger partial charge in [-0.05, 0) is 18.2 Å². The van der Waals surface area contributed by atoms with E-state index in [0.717, 1.165) is 6.20 Å². The van der Waals surface area contributed by atoms with Gasteiger partial charge in [0, 0.05) is 24.9 Å². The normalized spacial score (nSPS) is 17.3. The molecule has 7 heteroatoms. The maximum absolute atomic E-state index is 13.5. The van der Waals surface area contributed by atoms with Gasteiger partial charge in [-0.2, -0.15) is 0 Å². The highest BCUT2D eigenvalue weighted by molar-refractivity contribution is 7.80. The first kappa shape index (κ1) is 14.4. The molecule has 1 aliphatic heterocycles. The van der Waals surface area contributed by atoms with Crippen molar-refractivity contribution in [3.63, 3.8) is 0 Å². The van der Waals surface area contributed by atoms with Crippen molar-refractivity contribution in [2.45, 2.75) is 24.5 Å². The van der Waals surface area contributed by atoms with Crippen molar-refractivity contribution in [2.24, 2.45) is 0 Å². The Morgan fingerprint density at radius 2 is 1.85 bits per heavy atom. The van der Waals surface area contributed by atoms with E-state index in [1.165, 1.54) is 26.0 Å². The van der Waals surface area contributed by atoms with Crippen LogP contribution in [0.4, 0.5) is 10.1 Å². The van der Waals surface area contributed by atoms with Crippen LogP contribution in [0.5, 0.6) is 0 Å². The van der Waals surface area contributed by atoms with Crippen LogP contribution in [0.25, 0.3) is 0 Å². The van der Waals surface area contributed by atoms with Gasteiger partial charge in [0.25, 0.3) is 5.79 Å². The van der Waals surface area contributed by atoms with Crippen molar-refractivity contribution < 1.29 is 23.5 Å². The first-order chi connectivity index (χ1) is 9.28. The van der Waals surface area contributed by atoms with Gasteiger partial charge in [-0.25, -0.2) is 14.0 Å². The molecule has 0 bridgehead atoms. The molecule has 0 spiro atoms. The number of nitrogens with one attached hydrogen (secondary N) is 1. The van der Waals surface area contributed by atoms with Crippen LogP contribution in [0.2, 0.25) is 0 Å². The Morgan fingerprint density at radius 3 is 2.40 bits per heavy atom. The highest BCUT2D eigenvalue weighted by Gasteiger charge is 2.38. The lowest BCUT2D eigenvalue weighted by molar-refractivity contribution is -0.222. The predicted molar refractivity (Wildman–Crippen MR) is 71.6 cm³/mol. The molecule has 0 unspecified atom stereocenters. The van der Waals surface area contributed by atoms with E-state index < -0.39 is 23.5 Å². The second-order valence-electron chi connectivity index (χ2n) is 4.55. The molecule has 1 aromatic carbocycles. The number of anilines is 1. The first-order valence-corrected chi connectivity index (χ1v) is 6.15. The molecule has 0 aliphatic carbocycles. The van der Waals surface area contributed by atoms with Gasteiger partial charge in [0.1, 0.15) is 5.82 Å². The minimum Gasteiger partial charge on any atom is -0.419 e. The summed E-state index contributed by atoms with van der Waals surface area (Å²) in [4.78, 5) is 23.7. The fourth-order valence-corrected chi connectivity index (χ4v) is 1.74. The van der Waals surface area contributed by atoms with Gasteiger partial charge in [0.05, 0.1) is 5.69 Å². The van der Waals surface area contributed by atoms with Crippen molar-refractivity contribution in [3.8, 4) is 0 Å². The van der Waals surface area contributed by atoms with Crippen molar-refractivity contribution in [1.82, 2.24) is 0 Å². The first-order valence-electron chi connectivity index (χ1n) is 5.70. The van der Waals surface area contributed by atoms with Crippen LogP contribution in [0, 0.1) is 5.82 Å². The fraction of sp³-hybridized carbons (Fsp3) is 0.231. The lowest BCUT2D eigenvalue weighted by Gasteiger charge is -2.29. The molecular formula is C13H12FNO4S. The van der Waals surface area contributed by atoms with Crippen LogP contribution in [0.15, 0.2) is 34.9 Å². The number of benzene rings is 1. The third-order valence-corrected chi connectivity index (χ3v) is 2.72. The van der Waals surface area contributed by atoms with Gasteiger partial charge in [0.15, 0.2) is 5.57 Å². The minimum atomic E-state index is -1.30. The van der Waals surface area contributed by atoms with Crippen LogP contribution in [0.1, 0.15) is 13.8 Å². The summed E-state index contributed by atoms with van der Waals surface area (Å²) in [6, 6.07) is 4.19. The molecule has 1 N–H and O–H groups in total. The monoisotopic (exact) mass is 297 g/mol. The molecule has 2 rings (SSSR count). The van der Waals surface area contributed by atoms with Gasteiger partial charge < -0.3 is 14.8 Å². The zero-order chi connectivity index (χ0) is 14.9. The summed E-state index contributed by atoms with van der Waals surface area (Å²) in [7, 11) is 0. The summed E-state index contributed by atoms with van der Waals surface area (Å²) < 4.78 is 23.3. The quantitative estimate of drug-likeness (QED) is 0.379. The minimum absolute atomic E-state index is 0.0979. The van der Waals surface area contributed by atoms with E-state index in [9.17, 15) is 14.0 Å². The van der Waals surface area contributed by atoms with E-state index in [1.807, 2.05) is 0 Å². The molecule has 0 radical (unpaired) electrons. The van der Waals surface area contributed by atoms with Crippen molar-refractivity contribution in [3.05, 3.63) is 35.8 Å². The summed E-state index contributed by atoms with van der Waals surface area (Å²) in [5, 5.41) is 2.53. The van der Waals surface area contributed by atoms with E-state index in [0.29, 0.717) is 4.90 Å². The molecule has 1 aliphatic rings. The number of esters is 2. The smallest absolute Gasteiger partial charge is 0.350 e. The standard InChI is InChI=1S/C13H12FNO4S/c1-13(2)18-11(16)8(12(17)19-13)6-15-10-4-3-7(20)5-9(10)14/h3-6,15,20H,1-2H3. The predicted octanol–water partition coefficient (Wildman–Crippen LogP) is 2.25. The molecule has 1 fully saturated rings. The summed E-state index contributed by atoms with van der Waals surface area (Å²) in [5.41, 5.74) is -0.237. The molecule has 1 aromatic rings. The molecule has 0 atom stereocenters. The average Bonchev–Trinajstić information content (AvgIpc) is 2.28. The van der Waals surface area contributed by atoms with Gasteiger partial charge in [-0.1, -0.05) is 0 Å². The summed E-state index contributed by atoms with van der Waals surface area (Å²) >= 11 is 3.99. The fourth-order valence-electron chi connectivity index (χ4n) is 1.55. The Hall–Kier alpha value is -2.02. The Balaban J connectivity index is 2.19. The molecule has 5 nitrogen and oxygen atoms in total. The molecule has 20 heavy (non-hydrogen) atoms. The number of ether oxygens (including phenoxy) is 2. The highest BCUT2D eigenvalue weighted by Crippen LogP contribution is 2.23. The van der Waals surface area contributed by atoms with E-state index >= 15 is 0 Å². The number of hydrogen-bond donors (Lipinski definition) is 2. The largest absolute Gasteiger partial charge is 0.419 e. The second-order valence-corrected chi connectivity index (χ2v) is 5.06. The molecular weight excluding hydrogens is 285 g/mol. The Labute approximate surface area is 120 Å². The maximum Gasteiger partial charge on any atom is 0.350 e. The number of halogens is 1. The topological polar surface area (TPSA) is 64.6 Å². The third kappa shape index (κ3) is 3.11. The van der Waals surface area contributed by atoms with E-state index in [-0.39, 0.29) is 11.3 Å². The van der Waals surface area contributed by atoms with Crippen LogP contribution >= 0.6 is 12.6 Å². The third-order valence-electron chi connectivity index (χ3n) is 2.44. The SMILES string of the molecule is CC1(C)OC(=O)C(=CNc2ccc(S)cc2F)C(=O)O1. The van der Waals surface area contributed by atoms with Crippen LogP contribution < -0.4 is 5.32 Å². The molecule has 0 aromatic heterocycles. The van der Waals surface area contributed by atoms with Gasteiger partial charge in [-0.3, -0.25) is 0 Å². The number of hydrogen-bond acceptors (Lipinski definition) is 6. The zero-order valence-electron chi connectivity index (χ0n) is 10.8. The summed E-state index contributed by atoms with van der Waals surface area (Å²) in [6.07, 6.45) is 1.05. The van der Waals surface area contributed by atoms with E-state index in [2.05, 4.69) is 17.9 Å². The van der Waals surface area contributed by atoms with Gasteiger partial charge in [-0.15, -0.1) is 12.6 Å². The second kappa shape index (κ2) is 5.16. The van der Waals surface area contributed by atoms with Gasteiger partial charge >= 0.3 is 11.9 Å². The maximum atomic E-state index is 13.5. The number of cyclic esters (lactones) is 2. The van der Waals surface area contributed by atoms with E-state index in [4.69, 9.17) is 9.47 Å². The van der Waals surface area contributed by atoms with Crippen LogP contribution in [0.3, 0.4) is 0 Å². The number of carbonyl (C=O) groups excluding carboxylic acids is 2. The molecule has 1 heterocycles. The Morgan fingerprint density at radius 1 is 1.25 bits per heavy atom. The summed E-state index contributed by atoms with van der Waals surface area (Å²) in [6.45, 7) is 2.89. The highest BCUT2D eigenvalue weighted by atomic mass is 32.1. The summed E-state index contributed by atoms with van der Waals surface area (Å²) in [5.74, 6) is -3.52. The van der Waals surface area contributed by atoms with Gasteiger partial charge in [0.2, 0.25) is 0 Å². The van der Waals surface area contributed by atoms with Crippen molar-refractivity contribution in [1.29, 1.82) is 0 Å². The lowest BCUT2D eigenvalue weighted by Crippen LogP contribution is -2.42. The molecule has 1 saturated heterocycles. The lowest BCUT2D eigenvalue weighted by atomic mass is 10.2. The van der Waals surface area contributed by atoms with E-state index in [1.54, 1.807) is 6.07 Å². The Bertz CT molecular complexity index is 590. The van der Waals surface area contributed by atoms with Crippen LogP contribution in [-0.4, -0.2) is 17.7 Å². The number of thiol groups is 1. The molecule has 106 valence electrons. The van der Waals surface area contributed by atoms with Crippen molar-refractivity contribution >= 4 is 30.3 Å². The zero-order valence-corrected chi connectivity index (χ0v) is 11.7. The number of carbonyl (C=O) groups is 2. The molecule has 0 saturated carbocycles. The number of rotatable bonds is 2. The average molecular weight is 297 g/mol. The molecule has 0 amide bonds. The Kier molecular flexibility index (Phi) is 3.71. The van der Waals surface area contributed by atoms with Crippen LogP contribution in [-0.2, 0) is 19.1 Å².